The standard InChI is InChI=1S/C22H27N5O/c1-16-20(17(2)25-27-15-23-24-22(16)27)8-9-21(28)26-12-10-19(11-13-26)14-18-6-4-3-5-7-18/h3-7,15,19H,8-14H2,1-2H3. The molecule has 3 heterocycles. The molecule has 0 radical (unpaired) electrons. The van der Waals surface area contributed by atoms with Crippen LogP contribution < -0.4 is 0 Å². The second-order valence-electron chi connectivity index (χ2n) is 7.80. The van der Waals surface area contributed by atoms with Gasteiger partial charge in [-0.15, -0.1) is 10.2 Å². The SMILES string of the molecule is Cc1nn2cnnc2c(C)c1CCC(=O)N1CCC(Cc2ccccc2)CC1. The Hall–Kier alpha value is -2.76. The number of fused-ring (bicyclic) bond motifs is 1. The summed E-state index contributed by atoms with van der Waals surface area (Å²) in [5.41, 5.74) is 5.30. The third-order valence-corrected chi connectivity index (χ3v) is 5.94. The summed E-state index contributed by atoms with van der Waals surface area (Å²) < 4.78 is 1.70. The first kappa shape index (κ1) is 18.6. The van der Waals surface area contributed by atoms with Crippen LogP contribution in [-0.4, -0.2) is 43.7 Å². The Morgan fingerprint density at radius 2 is 1.89 bits per heavy atom. The first-order chi connectivity index (χ1) is 13.6. The average molecular weight is 377 g/mol. The zero-order valence-corrected chi connectivity index (χ0v) is 16.6. The smallest absolute Gasteiger partial charge is 0.222 e. The molecule has 0 bridgehead atoms. The minimum atomic E-state index is 0.248. The van der Waals surface area contributed by atoms with Gasteiger partial charge in [-0.3, -0.25) is 4.79 Å². The van der Waals surface area contributed by atoms with E-state index in [1.165, 1.54) is 5.56 Å². The Morgan fingerprint density at radius 1 is 1.14 bits per heavy atom. The third-order valence-electron chi connectivity index (χ3n) is 5.94. The molecular formula is C22H27N5O. The topological polar surface area (TPSA) is 63.4 Å². The van der Waals surface area contributed by atoms with Gasteiger partial charge in [-0.05, 0) is 56.6 Å². The quantitative estimate of drug-likeness (QED) is 0.685. The molecule has 146 valence electrons. The van der Waals surface area contributed by atoms with E-state index >= 15 is 0 Å². The lowest BCUT2D eigenvalue weighted by atomic mass is 9.90. The molecule has 1 aliphatic rings. The van der Waals surface area contributed by atoms with Crippen LogP contribution in [0.25, 0.3) is 5.65 Å². The molecule has 0 unspecified atom stereocenters. The first-order valence-corrected chi connectivity index (χ1v) is 10.1. The summed E-state index contributed by atoms with van der Waals surface area (Å²) in [6.45, 7) is 5.76. The average Bonchev–Trinajstić information content (AvgIpc) is 3.17. The summed E-state index contributed by atoms with van der Waals surface area (Å²) in [5.74, 6) is 0.925. The number of aromatic nitrogens is 4. The van der Waals surface area contributed by atoms with Crippen molar-refractivity contribution < 1.29 is 4.79 Å². The lowest BCUT2D eigenvalue weighted by Gasteiger charge is -2.32. The maximum absolute atomic E-state index is 12.7. The summed E-state index contributed by atoms with van der Waals surface area (Å²) in [7, 11) is 0. The highest BCUT2D eigenvalue weighted by atomic mass is 16.2. The second kappa shape index (κ2) is 8.09. The minimum Gasteiger partial charge on any atom is -0.343 e. The van der Waals surface area contributed by atoms with Gasteiger partial charge in [0.15, 0.2) is 5.65 Å². The highest BCUT2D eigenvalue weighted by Crippen LogP contribution is 2.23. The summed E-state index contributed by atoms with van der Waals surface area (Å²) in [6, 6.07) is 10.7. The van der Waals surface area contributed by atoms with Crippen molar-refractivity contribution in [3.8, 4) is 0 Å². The highest BCUT2D eigenvalue weighted by Gasteiger charge is 2.23. The Balaban J connectivity index is 1.32. The molecule has 2 aromatic heterocycles. The molecule has 0 saturated carbocycles. The maximum Gasteiger partial charge on any atom is 0.222 e. The Kier molecular flexibility index (Phi) is 5.37. The minimum absolute atomic E-state index is 0.248. The number of amides is 1. The van der Waals surface area contributed by atoms with Gasteiger partial charge in [0, 0.05) is 25.1 Å². The number of hydrogen-bond acceptors (Lipinski definition) is 4. The zero-order valence-electron chi connectivity index (χ0n) is 16.6. The van der Waals surface area contributed by atoms with Crippen LogP contribution in [-0.2, 0) is 17.6 Å². The molecular weight excluding hydrogens is 350 g/mol. The van der Waals surface area contributed by atoms with Crippen molar-refractivity contribution in [3.63, 3.8) is 0 Å². The fourth-order valence-electron chi connectivity index (χ4n) is 4.27. The summed E-state index contributed by atoms with van der Waals surface area (Å²) in [6.07, 6.45) is 6.14. The van der Waals surface area contributed by atoms with E-state index in [9.17, 15) is 4.79 Å². The van der Waals surface area contributed by atoms with E-state index in [1.54, 1.807) is 10.8 Å². The molecule has 1 amide bonds. The van der Waals surface area contributed by atoms with Crippen molar-refractivity contribution in [2.24, 2.45) is 5.92 Å². The number of benzene rings is 1. The van der Waals surface area contributed by atoms with E-state index in [-0.39, 0.29) is 5.91 Å². The van der Waals surface area contributed by atoms with Gasteiger partial charge in [-0.2, -0.15) is 5.10 Å². The molecule has 0 aliphatic carbocycles. The Morgan fingerprint density at radius 3 is 2.64 bits per heavy atom. The van der Waals surface area contributed by atoms with Gasteiger partial charge >= 0.3 is 0 Å². The number of rotatable bonds is 5. The van der Waals surface area contributed by atoms with E-state index in [4.69, 9.17) is 0 Å². The predicted molar refractivity (Wildman–Crippen MR) is 108 cm³/mol. The van der Waals surface area contributed by atoms with Gasteiger partial charge in [-0.1, -0.05) is 30.3 Å². The molecule has 1 aliphatic heterocycles. The predicted octanol–water partition coefficient (Wildman–Crippen LogP) is 3.16. The zero-order chi connectivity index (χ0) is 19.5. The van der Waals surface area contributed by atoms with Gasteiger partial charge in [0.1, 0.15) is 6.33 Å². The number of piperidine rings is 1. The van der Waals surface area contributed by atoms with Crippen LogP contribution in [0.1, 0.15) is 41.6 Å². The van der Waals surface area contributed by atoms with E-state index in [0.29, 0.717) is 18.8 Å². The number of nitrogens with zero attached hydrogens (tertiary/aromatic N) is 5. The number of carbonyl (C=O) groups is 1. The highest BCUT2D eigenvalue weighted by molar-refractivity contribution is 5.76. The fourth-order valence-corrected chi connectivity index (χ4v) is 4.27. The largest absolute Gasteiger partial charge is 0.343 e. The van der Waals surface area contributed by atoms with Crippen molar-refractivity contribution in [1.29, 1.82) is 0 Å². The van der Waals surface area contributed by atoms with Gasteiger partial charge < -0.3 is 4.90 Å². The van der Waals surface area contributed by atoms with Crippen molar-refractivity contribution in [2.45, 2.75) is 46.0 Å². The number of carbonyl (C=O) groups excluding carboxylic acids is 1. The van der Waals surface area contributed by atoms with Gasteiger partial charge in [0.2, 0.25) is 5.91 Å². The van der Waals surface area contributed by atoms with Crippen molar-refractivity contribution in [3.05, 3.63) is 59.0 Å². The van der Waals surface area contributed by atoms with Crippen LogP contribution in [0.15, 0.2) is 36.7 Å². The molecule has 28 heavy (non-hydrogen) atoms. The van der Waals surface area contributed by atoms with Crippen LogP contribution in [0.2, 0.25) is 0 Å². The molecule has 1 aromatic carbocycles. The van der Waals surface area contributed by atoms with Crippen LogP contribution in [0.4, 0.5) is 0 Å². The summed E-state index contributed by atoms with van der Waals surface area (Å²) in [4.78, 5) is 14.8. The molecule has 1 saturated heterocycles. The Labute approximate surface area is 165 Å². The molecule has 0 spiro atoms. The molecule has 0 N–H and O–H groups in total. The second-order valence-corrected chi connectivity index (χ2v) is 7.80. The van der Waals surface area contributed by atoms with Crippen LogP contribution in [0.5, 0.6) is 0 Å². The Bertz CT molecular complexity index is 958. The molecule has 4 rings (SSSR count). The normalized spacial score (nSPS) is 15.3. The lowest BCUT2D eigenvalue weighted by molar-refractivity contribution is -0.132. The van der Waals surface area contributed by atoms with Crippen LogP contribution >= 0.6 is 0 Å². The fraction of sp³-hybridized carbons (Fsp3) is 0.455. The monoisotopic (exact) mass is 377 g/mol. The molecule has 6 heteroatoms. The molecule has 6 nitrogen and oxygen atoms in total. The van der Waals surface area contributed by atoms with Crippen molar-refractivity contribution in [2.75, 3.05) is 13.1 Å². The number of hydrogen-bond donors (Lipinski definition) is 0. The number of aryl methyl sites for hydroxylation is 2. The van der Waals surface area contributed by atoms with Gasteiger partial charge in [0.05, 0.1) is 5.69 Å². The van der Waals surface area contributed by atoms with Crippen LogP contribution in [0, 0.1) is 19.8 Å². The summed E-state index contributed by atoms with van der Waals surface area (Å²) >= 11 is 0. The lowest BCUT2D eigenvalue weighted by Crippen LogP contribution is -2.39. The molecule has 0 atom stereocenters. The van der Waals surface area contributed by atoms with E-state index in [2.05, 4.69) is 45.6 Å². The van der Waals surface area contributed by atoms with Crippen molar-refractivity contribution in [1.82, 2.24) is 24.7 Å². The summed E-state index contributed by atoms with van der Waals surface area (Å²) in [5, 5.41) is 12.6. The van der Waals surface area contributed by atoms with E-state index in [1.807, 2.05) is 18.7 Å². The van der Waals surface area contributed by atoms with Gasteiger partial charge in [-0.25, -0.2) is 4.52 Å². The third kappa shape index (κ3) is 3.91. The number of likely N-dealkylation sites (tertiary alicyclic amines) is 1. The van der Waals surface area contributed by atoms with Gasteiger partial charge in [0.25, 0.3) is 0 Å². The van der Waals surface area contributed by atoms with Crippen LogP contribution in [0.3, 0.4) is 0 Å². The molecule has 1 fully saturated rings. The van der Waals surface area contributed by atoms with Crippen molar-refractivity contribution >= 4 is 11.6 Å². The molecule has 3 aromatic rings. The van der Waals surface area contributed by atoms with E-state index < -0.39 is 0 Å². The first-order valence-electron chi connectivity index (χ1n) is 10.1. The maximum atomic E-state index is 12.7. The van der Waals surface area contributed by atoms with E-state index in [0.717, 1.165) is 54.8 Å².